The highest BCUT2D eigenvalue weighted by molar-refractivity contribution is 5.86. The summed E-state index contributed by atoms with van der Waals surface area (Å²) in [7, 11) is 0. The van der Waals surface area contributed by atoms with Gasteiger partial charge in [-0.25, -0.2) is 4.79 Å². The zero-order valence-corrected chi connectivity index (χ0v) is 12.4. The average molecular weight is 282 g/mol. The van der Waals surface area contributed by atoms with E-state index in [1.165, 1.54) is 12.8 Å². The van der Waals surface area contributed by atoms with Gasteiger partial charge in [0.05, 0.1) is 0 Å². The predicted octanol–water partition coefficient (Wildman–Crippen LogP) is 1.67. The molecule has 0 spiro atoms. The van der Waals surface area contributed by atoms with Crippen LogP contribution in [0.15, 0.2) is 0 Å². The topological polar surface area (TPSA) is 78.4 Å². The number of aliphatic carboxylic acids is 1. The monoisotopic (exact) mass is 282 g/mol. The number of piperidine rings is 1. The van der Waals surface area contributed by atoms with Crippen LogP contribution in [-0.4, -0.2) is 34.6 Å². The quantitative estimate of drug-likeness (QED) is 0.692. The Labute approximate surface area is 120 Å². The Balaban J connectivity index is 1.86. The van der Waals surface area contributed by atoms with E-state index >= 15 is 0 Å². The minimum Gasteiger partial charge on any atom is -0.480 e. The maximum atomic E-state index is 12.1. The fourth-order valence-corrected chi connectivity index (χ4v) is 3.69. The number of hydrogen-bond acceptors (Lipinski definition) is 3. The third-order valence-electron chi connectivity index (χ3n) is 4.68. The van der Waals surface area contributed by atoms with Gasteiger partial charge in [0.1, 0.15) is 5.54 Å². The van der Waals surface area contributed by atoms with Crippen molar-refractivity contribution in [3.05, 3.63) is 0 Å². The van der Waals surface area contributed by atoms with Crippen molar-refractivity contribution in [1.29, 1.82) is 0 Å². The van der Waals surface area contributed by atoms with Gasteiger partial charge < -0.3 is 15.7 Å². The maximum absolute atomic E-state index is 12.1. The Morgan fingerprint density at radius 1 is 1.30 bits per heavy atom. The van der Waals surface area contributed by atoms with Gasteiger partial charge in [-0.15, -0.1) is 0 Å². The molecule has 5 nitrogen and oxygen atoms in total. The molecule has 0 aromatic carbocycles. The van der Waals surface area contributed by atoms with E-state index in [4.69, 9.17) is 0 Å². The predicted molar refractivity (Wildman–Crippen MR) is 76.4 cm³/mol. The first-order valence-corrected chi connectivity index (χ1v) is 7.73. The van der Waals surface area contributed by atoms with Crippen LogP contribution in [0, 0.1) is 5.92 Å². The Kier molecular flexibility index (Phi) is 4.68. The third-order valence-corrected chi connectivity index (χ3v) is 4.68. The van der Waals surface area contributed by atoms with Crippen LogP contribution < -0.4 is 10.6 Å². The summed E-state index contributed by atoms with van der Waals surface area (Å²) in [4.78, 5) is 23.5. The molecule has 2 fully saturated rings. The van der Waals surface area contributed by atoms with E-state index in [1.807, 2.05) is 6.92 Å². The molecule has 0 aromatic heterocycles. The molecule has 2 heterocycles. The van der Waals surface area contributed by atoms with Crippen molar-refractivity contribution < 1.29 is 14.7 Å². The number of carbonyl (C=O) groups excluding carboxylic acids is 1. The molecular weight excluding hydrogens is 256 g/mol. The van der Waals surface area contributed by atoms with Gasteiger partial charge in [-0.2, -0.15) is 0 Å². The van der Waals surface area contributed by atoms with Gasteiger partial charge in [0.2, 0.25) is 5.91 Å². The van der Waals surface area contributed by atoms with Crippen LogP contribution in [-0.2, 0) is 9.59 Å². The first-order chi connectivity index (χ1) is 9.43. The molecule has 0 aromatic rings. The summed E-state index contributed by atoms with van der Waals surface area (Å²) in [6.45, 7) is 3.53. The zero-order chi connectivity index (χ0) is 14.8. The zero-order valence-electron chi connectivity index (χ0n) is 12.4. The molecule has 3 atom stereocenters. The lowest BCUT2D eigenvalue weighted by atomic mass is 9.88. The van der Waals surface area contributed by atoms with E-state index in [0.29, 0.717) is 30.8 Å². The normalized spacial score (nSPS) is 31.6. The molecule has 0 aliphatic carbocycles. The van der Waals surface area contributed by atoms with Crippen LogP contribution in [0.25, 0.3) is 0 Å². The number of carboxylic acid groups (broad SMARTS) is 1. The molecule has 2 rings (SSSR count). The lowest BCUT2D eigenvalue weighted by molar-refractivity contribution is -0.147. The molecule has 114 valence electrons. The molecule has 5 heteroatoms. The van der Waals surface area contributed by atoms with Crippen LogP contribution >= 0.6 is 0 Å². The summed E-state index contributed by atoms with van der Waals surface area (Å²) in [6, 6.07) is 1.13. The van der Waals surface area contributed by atoms with Gasteiger partial charge in [-0.3, -0.25) is 4.79 Å². The van der Waals surface area contributed by atoms with Crippen LogP contribution in [0.3, 0.4) is 0 Å². The molecular formula is C15H26N2O3. The second-order valence-electron chi connectivity index (χ2n) is 6.61. The molecule has 2 bridgehead atoms. The van der Waals surface area contributed by atoms with Crippen LogP contribution in [0.4, 0.5) is 0 Å². The Morgan fingerprint density at radius 3 is 2.40 bits per heavy atom. The lowest BCUT2D eigenvalue weighted by Gasteiger charge is -2.30. The minimum atomic E-state index is -1.13. The summed E-state index contributed by atoms with van der Waals surface area (Å²) >= 11 is 0. The van der Waals surface area contributed by atoms with Crippen molar-refractivity contribution in [2.24, 2.45) is 5.92 Å². The van der Waals surface area contributed by atoms with E-state index in [0.717, 1.165) is 19.3 Å². The smallest absolute Gasteiger partial charge is 0.329 e. The highest BCUT2D eigenvalue weighted by Crippen LogP contribution is 2.32. The van der Waals surface area contributed by atoms with Gasteiger partial charge in [0.15, 0.2) is 0 Å². The highest BCUT2D eigenvalue weighted by Gasteiger charge is 2.37. The molecule has 1 amide bonds. The molecule has 20 heavy (non-hydrogen) atoms. The number of carboxylic acids is 1. The van der Waals surface area contributed by atoms with Gasteiger partial charge in [0.25, 0.3) is 0 Å². The number of amides is 1. The summed E-state index contributed by atoms with van der Waals surface area (Å²) < 4.78 is 0. The van der Waals surface area contributed by atoms with Gasteiger partial charge in [0, 0.05) is 18.5 Å². The average Bonchev–Trinajstić information content (AvgIpc) is 2.68. The Morgan fingerprint density at radius 2 is 1.90 bits per heavy atom. The molecule has 0 radical (unpaired) electrons. The van der Waals surface area contributed by atoms with Gasteiger partial charge in [-0.1, -0.05) is 13.3 Å². The second kappa shape index (κ2) is 6.12. The Bertz CT molecular complexity index is 373. The lowest BCUT2D eigenvalue weighted by Crippen LogP contribution is -2.52. The largest absolute Gasteiger partial charge is 0.480 e. The van der Waals surface area contributed by atoms with Crippen LogP contribution in [0.1, 0.15) is 58.8 Å². The fraction of sp³-hybridized carbons (Fsp3) is 0.867. The summed E-state index contributed by atoms with van der Waals surface area (Å²) in [5.41, 5.74) is -1.13. The van der Waals surface area contributed by atoms with E-state index in [2.05, 4.69) is 10.6 Å². The molecule has 2 aliphatic heterocycles. The number of nitrogens with one attached hydrogen (secondary N) is 2. The van der Waals surface area contributed by atoms with Crippen molar-refractivity contribution in [3.8, 4) is 0 Å². The summed E-state index contributed by atoms with van der Waals surface area (Å²) in [5, 5.41) is 15.6. The third kappa shape index (κ3) is 3.51. The van der Waals surface area contributed by atoms with Crippen molar-refractivity contribution in [3.63, 3.8) is 0 Å². The summed E-state index contributed by atoms with van der Waals surface area (Å²) in [6.07, 6.45) is 6.17. The van der Waals surface area contributed by atoms with Crippen molar-refractivity contribution in [2.75, 3.05) is 0 Å². The number of carbonyl (C=O) groups is 2. The standard InChI is InChI=1S/C15H26N2O3/c1-3-6-15(2,14(19)20)17-13(18)9-10-7-11-4-5-12(8-10)16-11/h10-12,16H,3-9H2,1-2H3,(H,17,18)(H,19,20). The minimum absolute atomic E-state index is 0.116. The fourth-order valence-electron chi connectivity index (χ4n) is 3.69. The first kappa shape index (κ1) is 15.3. The molecule has 2 aliphatic rings. The maximum Gasteiger partial charge on any atom is 0.329 e. The number of hydrogen-bond donors (Lipinski definition) is 3. The first-order valence-electron chi connectivity index (χ1n) is 7.73. The molecule has 3 unspecified atom stereocenters. The highest BCUT2D eigenvalue weighted by atomic mass is 16.4. The van der Waals surface area contributed by atoms with Gasteiger partial charge >= 0.3 is 5.97 Å². The van der Waals surface area contributed by atoms with Crippen LogP contribution in [0.2, 0.25) is 0 Å². The van der Waals surface area contributed by atoms with Crippen molar-refractivity contribution in [1.82, 2.24) is 10.6 Å². The second-order valence-corrected chi connectivity index (χ2v) is 6.61. The molecule has 2 saturated heterocycles. The van der Waals surface area contributed by atoms with E-state index in [-0.39, 0.29) is 5.91 Å². The van der Waals surface area contributed by atoms with Gasteiger partial charge in [-0.05, 0) is 44.9 Å². The number of fused-ring (bicyclic) bond motifs is 2. The molecule has 3 N–H and O–H groups in total. The number of rotatable bonds is 6. The SMILES string of the molecule is CCCC(C)(NC(=O)CC1CC2CCC(C1)N2)C(=O)O. The van der Waals surface area contributed by atoms with Crippen molar-refractivity contribution in [2.45, 2.75) is 76.4 Å². The van der Waals surface area contributed by atoms with E-state index in [9.17, 15) is 14.7 Å². The summed E-state index contributed by atoms with van der Waals surface area (Å²) in [5.74, 6) is -0.666. The van der Waals surface area contributed by atoms with E-state index in [1.54, 1.807) is 6.92 Å². The van der Waals surface area contributed by atoms with Crippen LogP contribution in [0.5, 0.6) is 0 Å². The molecule has 0 saturated carbocycles. The Hall–Kier alpha value is -1.10. The van der Waals surface area contributed by atoms with E-state index < -0.39 is 11.5 Å². The van der Waals surface area contributed by atoms with Crippen molar-refractivity contribution >= 4 is 11.9 Å².